The van der Waals surface area contributed by atoms with Crippen molar-refractivity contribution in [3.05, 3.63) is 123 Å². The molecule has 1 aliphatic carbocycles. The monoisotopic (exact) mass is 782 g/mol. The Bertz CT molecular complexity index is 2730. The fourth-order valence-electron chi connectivity index (χ4n) is 5.20. The standard InChI is InChI=1S/C34H26N10O9S2/c35-21-5-14-27(26(36)17-21)41-38-22-6-1-18(2-7-22)19-3-8-23(9-4-19)40-43-33-29(55(51,52)53)16-20-15-28(54(48,49)50)32(31(37)30(20)34(33)45)42-39-24-10-12-25(13-11-24)44(46)47/h1-17,40H,35-37H2,(H,48,49,50)(H,51,52,53). The summed E-state index contributed by atoms with van der Waals surface area (Å²) >= 11 is 0. The molecule has 0 radical (unpaired) electrons. The van der Waals surface area contributed by atoms with Crippen molar-refractivity contribution in [1.29, 1.82) is 0 Å². The van der Waals surface area contributed by atoms with Gasteiger partial charge in [0.1, 0.15) is 21.2 Å². The highest BCUT2D eigenvalue weighted by Gasteiger charge is 2.37. The highest BCUT2D eigenvalue weighted by molar-refractivity contribution is 7.91. The minimum Gasteiger partial charge on any atom is -0.399 e. The summed E-state index contributed by atoms with van der Waals surface area (Å²) in [7, 11) is -10.3. The average molecular weight is 783 g/mol. The van der Waals surface area contributed by atoms with E-state index in [2.05, 4.69) is 31.0 Å². The largest absolute Gasteiger partial charge is 0.399 e. The van der Waals surface area contributed by atoms with Gasteiger partial charge in [0.2, 0.25) is 5.78 Å². The van der Waals surface area contributed by atoms with Gasteiger partial charge in [0.25, 0.3) is 25.9 Å². The Morgan fingerprint density at radius 3 is 1.85 bits per heavy atom. The summed E-state index contributed by atoms with van der Waals surface area (Å²) in [6.45, 7) is 0. The lowest BCUT2D eigenvalue weighted by Crippen LogP contribution is -2.28. The van der Waals surface area contributed by atoms with Crippen molar-refractivity contribution in [1.82, 2.24) is 0 Å². The van der Waals surface area contributed by atoms with E-state index in [0.29, 0.717) is 28.4 Å². The molecule has 0 saturated heterocycles. The Labute approximate surface area is 311 Å². The van der Waals surface area contributed by atoms with E-state index in [1.165, 1.54) is 12.1 Å². The molecule has 0 spiro atoms. The molecule has 19 nitrogen and oxygen atoms in total. The summed E-state index contributed by atoms with van der Waals surface area (Å²) in [5.74, 6) is -1.16. The van der Waals surface area contributed by atoms with Crippen LogP contribution < -0.4 is 22.6 Å². The molecular weight excluding hydrogens is 757 g/mol. The Hall–Kier alpha value is -7.20. The lowest BCUT2D eigenvalue weighted by atomic mass is 9.92. The summed E-state index contributed by atoms with van der Waals surface area (Å²) in [4.78, 5) is 22.2. The fraction of sp³-hybridized carbons (Fsp3) is 0. The molecule has 0 aromatic heterocycles. The molecule has 0 heterocycles. The number of benzene rings is 5. The molecule has 278 valence electrons. The Morgan fingerprint density at radius 1 is 0.709 bits per heavy atom. The van der Waals surface area contributed by atoms with Crippen LogP contribution in [0.1, 0.15) is 15.9 Å². The number of allylic oxidation sites excluding steroid dienone is 1. The van der Waals surface area contributed by atoms with Crippen molar-refractivity contribution >= 4 is 89.0 Å². The predicted molar refractivity (Wildman–Crippen MR) is 204 cm³/mol. The van der Waals surface area contributed by atoms with E-state index in [1.807, 2.05) is 12.1 Å². The van der Waals surface area contributed by atoms with Gasteiger partial charge in [-0.2, -0.15) is 32.2 Å². The SMILES string of the molecule is Nc1ccc(N=Nc2ccc(-c3ccc(NN=C4C(=O)c5c(cc(S(=O)(=O)O)c(N=Nc6ccc([N+](=O)[O-])cc6)c5N)C=C4S(=O)(=O)O)cc3)cc2)c(N)c1. The van der Waals surface area contributed by atoms with Crippen LogP contribution in [0.4, 0.5) is 51.2 Å². The van der Waals surface area contributed by atoms with E-state index in [-0.39, 0.29) is 11.4 Å². The minimum absolute atomic E-state index is 0.0150. The van der Waals surface area contributed by atoms with Crippen molar-refractivity contribution in [2.45, 2.75) is 4.90 Å². The van der Waals surface area contributed by atoms with Crippen LogP contribution in [-0.2, 0) is 20.2 Å². The number of nitrogens with two attached hydrogens (primary N) is 3. The molecular formula is C34H26N10O9S2. The lowest BCUT2D eigenvalue weighted by molar-refractivity contribution is -0.384. The Kier molecular flexibility index (Phi) is 10.0. The smallest absolute Gasteiger partial charge is 0.296 e. The number of ketones is 1. The number of Topliss-reactive ketones (excluding diaryl/α,β-unsaturated/α-hetero) is 1. The number of azo groups is 2. The fourth-order valence-corrected chi connectivity index (χ4v) is 6.53. The maximum Gasteiger partial charge on any atom is 0.296 e. The molecule has 55 heavy (non-hydrogen) atoms. The van der Waals surface area contributed by atoms with E-state index >= 15 is 0 Å². The van der Waals surface area contributed by atoms with Gasteiger partial charge in [-0.1, -0.05) is 24.3 Å². The molecule has 21 heteroatoms. The molecule has 5 aromatic carbocycles. The third kappa shape index (κ3) is 8.23. The van der Waals surface area contributed by atoms with Crippen LogP contribution >= 0.6 is 0 Å². The van der Waals surface area contributed by atoms with E-state index in [4.69, 9.17) is 17.2 Å². The van der Waals surface area contributed by atoms with Gasteiger partial charge < -0.3 is 17.2 Å². The quantitative estimate of drug-likeness (QED) is 0.0274. The minimum atomic E-state index is -5.15. The lowest BCUT2D eigenvalue weighted by Gasteiger charge is -2.20. The number of nitrogen functional groups attached to an aromatic ring is 3. The molecule has 1 aliphatic rings. The van der Waals surface area contributed by atoms with Crippen LogP contribution in [0.3, 0.4) is 0 Å². The zero-order valence-electron chi connectivity index (χ0n) is 27.8. The number of non-ortho nitro benzene ring substituents is 1. The second-order valence-corrected chi connectivity index (χ2v) is 14.4. The molecule has 0 saturated carbocycles. The molecule has 0 atom stereocenters. The van der Waals surface area contributed by atoms with Gasteiger partial charge in [0.15, 0.2) is 5.71 Å². The topological polar surface area (TPSA) is 321 Å². The number of nitro groups is 1. The van der Waals surface area contributed by atoms with Crippen LogP contribution in [0.25, 0.3) is 17.2 Å². The summed E-state index contributed by atoms with van der Waals surface area (Å²) in [6, 6.07) is 23.9. The van der Waals surface area contributed by atoms with Crippen molar-refractivity contribution in [2.24, 2.45) is 25.6 Å². The van der Waals surface area contributed by atoms with E-state index < -0.39 is 69.0 Å². The van der Waals surface area contributed by atoms with Crippen LogP contribution in [-0.4, -0.2) is 42.4 Å². The zero-order valence-corrected chi connectivity index (χ0v) is 29.4. The van der Waals surface area contributed by atoms with Gasteiger partial charge in [0.05, 0.1) is 38.9 Å². The van der Waals surface area contributed by atoms with Gasteiger partial charge in [-0.3, -0.25) is 29.4 Å². The van der Waals surface area contributed by atoms with Crippen molar-refractivity contribution in [3.63, 3.8) is 0 Å². The van der Waals surface area contributed by atoms with Gasteiger partial charge in [-0.15, -0.1) is 10.2 Å². The third-order valence-electron chi connectivity index (χ3n) is 7.88. The highest BCUT2D eigenvalue weighted by atomic mass is 32.2. The van der Waals surface area contributed by atoms with Crippen molar-refractivity contribution < 1.29 is 35.7 Å². The normalized spacial score (nSPS) is 14.0. The zero-order chi connectivity index (χ0) is 39.7. The summed E-state index contributed by atoms with van der Waals surface area (Å²) in [5, 5.41) is 30.9. The molecule has 5 aromatic rings. The van der Waals surface area contributed by atoms with Crippen LogP contribution in [0, 0.1) is 10.1 Å². The van der Waals surface area contributed by atoms with Gasteiger partial charge in [0, 0.05) is 17.8 Å². The molecule has 0 amide bonds. The number of nitrogens with one attached hydrogen (secondary N) is 1. The predicted octanol–water partition coefficient (Wildman–Crippen LogP) is 6.98. The van der Waals surface area contributed by atoms with Crippen LogP contribution in [0.5, 0.6) is 0 Å². The molecule has 0 fully saturated rings. The second-order valence-electron chi connectivity index (χ2n) is 11.6. The Balaban J connectivity index is 1.28. The van der Waals surface area contributed by atoms with E-state index in [0.717, 1.165) is 35.4 Å². The van der Waals surface area contributed by atoms with E-state index in [1.54, 1.807) is 54.6 Å². The first-order valence-corrected chi connectivity index (χ1v) is 18.3. The first-order valence-electron chi connectivity index (χ1n) is 15.4. The number of carbonyl (C=O) groups excluding carboxylic acids is 1. The third-order valence-corrected chi connectivity index (χ3v) is 9.62. The number of rotatable bonds is 10. The van der Waals surface area contributed by atoms with Crippen molar-refractivity contribution in [3.8, 4) is 11.1 Å². The van der Waals surface area contributed by atoms with Crippen LogP contribution in [0.2, 0.25) is 0 Å². The Morgan fingerprint density at radius 2 is 1.29 bits per heavy atom. The van der Waals surface area contributed by atoms with Gasteiger partial charge in [-0.25, -0.2) is 0 Å². The second kappa shape index (κ2) is 14.7. The summed E-state index contributed by atoms with van der Waals surface area (Å²) in [6.07, 6.45) is 0.756. The number of hydrogen-bond donors (Lipinski definition) is 6. The molecule has 6 rings (SSSR count). The maximum atomic E-state index is 13.8. The first-order chi connectivity index (χ1) is 26.0. The number of carbonyl (C=O) groups is 1. The average Bonchev–Trinajstić information content (AvgIpc) is 3.13. The number of anilines is 4. The first kappa shape index (κ1) is 37.6. The van der Waals surface area contributed by atoms with Gasteiger partial charge in [-0.05, 0) is 83.4 Å². The highest BCUT2D eigenvalue weighted by Crippen LogP contribution is 2.41. The maximum absolute atomic E-state index is 13.8. The van der Waals surface area contributed by atoms with Crippen LogP contribution in [0.15, 0.2) is 132 Å². The summed E-state index contributed by atoms with van der Waals surface area (Å²) < 4.78 is 69.5. The number of hydrazone groups is 1. The number of nitro benzene ring substituents is 1. The molecule has 0 bridgehead atoms. The molecule has 9 N–H and O–H groups in total. The van der Waals surface area contributed by atoms with E-state index in [9.17, 15) is 40.8 Å². The van der Waals surface area contributed by atoms with Gasteiger partial charge >= 0.3 is 0 Å². The molecule has 0 aliphatic heterocycles. The number of fused-ring (bicyclic) bond motifs is 1. The van der Waals surface area contributed by atoms with Crippen molar-refractivity contribution in [2.75, 3.05) is 22.6 Å². The number of hydrogen-bond acceptors (Lipinski definition) is 16. The molecule has 0 unspecified atom stereocenters. The summed E-state index contributed by atoms with van der Waals surface area (Å²) in [5.41, 5.74) is 20.9. The number of nitrogens with zero attached hydrogens (tertiary/aromatic N) is 6.